The van der Waals surface area contributed by atoms with Crippen molar-refractivity contribution in [2.45, 2.75) is 6.54 Å². The Kier molecular flexibility index (Phi) is 5.00. The summed E-state index contributed by atoms with van der Waals surface area (Å²) in [7, 11) is 0. The lowest BCUT2D eigenvalue weighted by Gasteiger charge is -2.02. The molecule has 6 heteroatoms. The number of carbonyl (C=O) groups excluding carboxylic acids is 1. The van der Waals surface area contributed by atoms with Crippen LogP contribution in [0.2, 0.25) is 4.34 Å². The second kappa shape index (κ2) is 6.73. The summed E-state index contributed by atoms with van der Waals surface area (Å²) in [6, 6.07) is 5.45. The number of carbonyl (C=O) groups is 1. The second-order valence-corrected chi connectivity index (χ2v) is 6.23. The van der Waals surface area contributed by atoms with Gasteiger partial charge >= 0.3 is 0 Å². The highest BCUT2D eigenvalue weighted by Gasteiger charge is 2.11. The van der Waals surface area contributed by atoms with E-state index in [4.69, 9.17) is 16.7 Å². The van der Waals surface area contributed by atoms with Crippen LogP contribution in [0.5, 0.6) is 0 Å². The Bertz CT molecular complexity index is 636. The van der Waals surface area contributed by atoms with Crippen molar-refractivity contribution in [1.82, 2.24) is 5.32 Å². The molecule has 0 radical (unpaired) electrons. The van der Waals surface area contributed by atoms with Crippen molar-refractivity contribution in [2.75, 3.05) is 6.61 Å². The third-order valence-electron chi connectivity index (χ3n) is 2.23. The largest absolute Gasteiger partial charge is 0.384 e. The number of hydrogen-bond acceptors (Lipinski definition) is 4. The van der Waals surface area contributed by atoms with Gasteiger partial charge in [-0.15, -0.1) is 22.7 Å². The van der Waals surface area contributed by atoms with E-state index in [0.717, 1.165) is 4.88 Å². The maximum absolute atomic E-state index is 12.0. The van der Waals surface area contributed by atoms with E-state index in [-0.39, 0.29) is 12.5 Å². The number of aliphatic hydroxyl groups is 1. The van der Waals surface area contributed by atoms with Crippen molar-refractivity contribution < 1.29 is 9.90 Å². The smallest absolute Gasteiger partial charge is 0.262 e. The lowest BCUT2D eigenvalue weighted by Crippen LogP contribution is -2.22. The average molecular weight is 312 g/mol. The van der Waals surface area contributed by atoms with Gasteiger partial charge in [-0.2, -0.15) is 0 Å². The van der Waals surface area contributed by atoms with Crippen LogP contribution in [0.3, 0.4) is 0 Å². The standard InChI is InChI=1S/C13H10ClNO2S2/c14-11-4-3-10(19-11)8-15-13(17)12-9(2-1-6-16)5-7-18-12/h3-5,7,16H,6,8H2,(H,15,17). The summed E-state index contributed by atoms with van der Waals surface area (Å²) in [5, 5.41) is 13.3. The molecule has 0 saturated heterocycles. The molecule has 0 aliphatic heterocycles. The minimum Gasteiger partial charge on any atom is -0.384 e. The Balaban J connectivity index is 2.02. The van der Waals surface area contributed by atoms with Gasteiger partial charge in [-0.1, -0.05) is 23.4 Å². The van der Waals surface area contributed by atoms with Crippen molar-refractivity contribution in [3.05, 3.63) is 43.2 Å². The molecule has 98 valence electrons. The van der Waals surface area contributed by atoms with Gasteiger partial charge in [0.1, 0.15) is 11.5 Å². The van der Waals surface area contributed by atoms with E-state index in [1.54, 1.807) is 17.5 Å². The van der Waals surface area contributed by atoms with Gasteiger partial charge in [-0.05, 0) is 23.6 Å². The second-order valence-electron chi connectivity index (χ2n) is 3.51. The summed E-state index contributed by atoms with van der Waals surface area (Å²) in [5.41, 5.74) is 0.640. The molecule has 0 unspecified atom stereocenters. The van der Waals surface area contributed by atoms with E-state index in [1.807, 2.05) is 6.07 Å². The van der Waals surface area contributed by atoms with E-state index >= 15 is 0 Å². The van der Waals surface area contributed by atoms with Crippen molar-refractivity contribution in [2.24, 2.45) is 0 Å². The molecule has 3 nitrogen and oxygen atoms in total. The number of hydrogen-bond donors (Lipinski definition) is 2. The van der Waals surface area contributed by atoms with Gasteiger partial charge in [0, 0.05) is 10.4 Å². The van der Waals surface area contributed by atoms with E-state index in [1.165, 1.54) is 22.7 Å². The van der Waals surface area contributed by atoms with E-state index in [2.05, 4.69) is 17.2 Å². The summed E-state index contributed by atoms with van der Waals surface area (Å²) < 4.78 is 0.704. The molecule has 1 amide bonds. The fourth-order valence-corrected chi connectivity index (χ4v) is 3.21. The molecule has 19 heavy (non-hydrogen) atoms. The fourth-order valence-electron chi connectivity index (χ4n) is 1.41. The fraction of sp³-hybridized carbons (Fsp3) is 0.154. The number of halogens is 1. The lowest BCUT2D eigenvalue weighted by atomic mass is 10.2. The monoisotopic (exact) mass is 311 g/mol. The third kappa shape index (κ3) is 3.82. The van der Waals surface area contributed by atoms with Crippen LogP contribution in [-0.4, -0.2) is 17.6 Å². The molecule has 2 rings (SSSR count). The summed E-state index contributed by atoms with van der Waals surface area (Å²) >= 11 is 8.59. The number of rotatable bonds is 3. The van der Waals surface area contributed by atoms with Gasteiger partial charge in [0.2, 0.25) is 0 Å². The maximum atomic E-state index is 12.0. The van der Waals surface area contributed by atoms with E-state index < -0.39 is 0 Å². The molecule has 0 spiro atoms. The van der Waals surface area contributed by atoms with Gasteiger partial charge in [0.25, 0.3) is 5.91 Å². The van der Waals surface area contributed by atoms with Crippen molar-refractivity contribution >= 4 is 40.2 Å². The zero-order valence-corrected chi connectivity index (χ0v) is 12.2. The molecular formula is C13H10ClNO2S2. The topological polar surface area (TPSA) is 49.3 Å². The molecule has 2 aromatic rings. The van der Waals surface area contributed by atoms with Crippen LogP contribution in [-0.2, 0) is 6.54 Å². The molecule has 0 aliphatic rings. The van der Waals surface area contributed by atoms with Gasteiger partial charge in [-0.3, -0.25) is 4.79 Å². The number of nitrogens with one attached hydrogen (secondary N) is 1. The zero-order valence-electron chi connectivity index (χ0n) is 9.77. The first-order valence-corrected chi connectivity index (χ1v) is 7.47. The summed E-state index contributed by atoms with van der Waals surface area (Å²) in [6.45, 7) is 0.228. The molecule has 0 atom stereocenters. The quantitative estimate of drug-likeness (QED) is 0.856. The van der Waals surface area contributed by atoms with Crippen LogP contribution in [0, 0.1) is 11.8 Å². The average Bonchev–Trinajstić information content (AvgIpc) is 3.02. The predicted octanol–water partition coefficient (Wildman–Crippen LogP) is 2.74. The summed E-state index contributed by atoms with van der Waals surface area (Å²) in [4.78, 5) is 13.6. The maximum Gasteiger partial charge on any atom is 0.262 e. The Morgan fingerprint density at radius 3 is 2.95 bits per heavy atom. The SMILES string of the molecule is O=C(NCc1ccc(Cl)s1)c1sccc1C#CCO. The summed E-state index contributed by atoms with van der Waals surface area (Å²) in [6.07, 6.45) is 0. The van der Waals surface area contributed by atoms with Crippen molar-refractivity contribution in [3.8, 4) is 11.8 Å². The lowest BCUT2D eigenvalue weighted by molar-refractivity contribution is 0.0955. The highest BCUT2D eigenvalue weighted by Crippen LogP contribution is 2.21. The highest BCUT2D eigenvalue weighted by molar-refractivity contribution is 7.16. The number of aliphatic hydroxyl groups excluding tert-OH is 1. The van der Waals surface area contributed by atoms with E-state index in [0.29, 0.717) is 21.3 Å². The molecular weight excluding hydrogens is 302 g/mol. The van der Waals surface area contributed by atoms with Crippen LogP contribution in [0.15, 0.2) is 23.6 Å². The molecule has 2 heterocycles. The van der Waals surface area contributed by atoms with Crippen LogP contribution in [0.4, 0.5) is 0 Å². The third-order valence-corrected chi connectivity index (χ3v) is 4.37. The molecule has 2 aromatic heterocycles. The summed E-state index contributed by atoms with van der Waals surface area (Å²) in [5.74, 6) is 5.13. The molecule has 0 saturated carbocycles. The number of amides is 1. The Morgan fingerprint density at radius 2 is 2.26 bits per heavy atom. The van der Waals surface area contributed by atoms with Crippen molar-refractivity contribution in [1.29, 1.82) is 0 Å². The van der Waals surface area contributed by atoms with Crippen molar-refractivity contribution in [3.63, 3.8) is 0 Å². The van der Waals surface area contributed by atoms with E-state index in [9.17, 15) is 4.79 Å². The van der Waals surface area contributed by atoms with Gasteiger partial charge in [-0.25, -0.2) is 0 Å². The zero-order chi connectivity index (χ0) is 13.7. The minimum absolute atomic E-state index is 0.165. The first kappa shape index (κ1) is 14.1. The first-order valence-electron chi connectivity index (χ1n) is 5.40. The molecule has 0 aliphatic carbocycles. The van der Waals surface area contributed by atoms with Crippen LogP contribution in [0.25, 0.3) is 0 Å². The molecule has 0 aromatic carbocycles. The van der Waals surface area contributed by atoms with Gasteiger partial charge < -0.3 is 10.4 Å². The highest BCUT2D eigenvalue weighted by atomic mass is 35.5. The number of thiophene rings is 2. The molecule has 2 N–H and O–H groups in total. The Morgan fingerprint density at radius 1 is 1.42 bits per heavy atom. The van der Waals surface area contributed by atoms with Crippen LogP contribution in [0.1, 0.15) is 20.1 Å². The van der Waals surface area contributed by atoms with Gasteiger partial charge in [0.05, 0.1) is 10.9 Å². The van der Waals surface area contributed by atoms with Gasteiger partial charge in [0.15, 0.2) is 0 Å². The normalized spacial score (nSPS) is 9.79. The minimum atomic E-state index is -0.218. The van der Waals surface area contributed by atoms with Crippen LogP contribution < -0.4 is 5.32 Å². The Hall–Kier alpha value is -1.32. The molecule has 0 fully saturated rings. The Labute approximate surface area is 123 Å². The van der Waals surface area contributed by atoms with Crippen LogP contribution >= 0.6 is 34.3 Å². The molecule has 0 bridgehead atoms. The first-order chi connectivity index (χ1) is 9.20. The predicted molar refractivity (Wildman–Crippen MR) is 78.8 cm³/mol.